The van der Waals surface area contributed by atoms with Gasteiger partial charge >= 0.3 is 0 Å². The van der Waals surface area contributed by atoms with Crippen LogP contribution in [-0.4, -0.2) is 5.91 Å². The number of halogens is 1. The van der Waals surface area contributed by atoms with E-state index in [1.165, 1.54) is 6.07 Å². The lowest BCUT2D eigenvalue weighted by atomic mass is 9.98. The molecule has 32 heavy (non-hydrogen) atoms. The van der Waals surface area contributed by atoms with E-state index in [2.05, 4.69) is 4.90 Å². The van der Waals surface area contributed by atoms with Gasteiger partial charge in [0.25, 0.3) is 5.91 Å². The number of hydrogen-bond donors (Lipinski definition) is 0. The van der Waals surface area contributed by atoms with Crippen LogP contribution in [0, 0.1) is 12.7 Å². The lowest BCUT2D eigenvalue weighted by Gasteiger charge is -2.46. The highest BCUT2D eigenvalue weighted by atomic mass is 19.1. The second-order valence-electron chi connectivity index (χ2n) is 8.04. The van der Waals surface area contributed by atoms with E-state index >= 15 is 4.39 Å². The molecule has 5 rings (SSSR count). The van der Waals surface area contributed by atoms with Crippen molar-refractivity contribution < 1.29 is 9.18 Å². The molecule has 4 aromatic rings. The molecule has 1 atom stereocenters. The molecule has 0 aromatic heterocycles. The van der Waals surface area contributed by atoms with Crippen molar-refractivity contribution >= 4 is 17.3 Å². The molecule has 158 valence electrons. The van der Waals surface area contributed by atoms with Crippen molar-refractivity contribution in [3.05, 3.63) is 131 Å². The summed E-state index contributed by atoms with van der Waals surface area (Å²) in [6.45, 7) is 2.54. The molecule has 4 heteroatoms. The third-order valence-electron chi connectivity index (χ3n) is 5.89. The van der Waals surface area contributed by atoms with Gasteiger partial charge in [0.1, 0.15) is 12.0 Å². The monoisotopic (exact) mass is 422 g/mol. The Morgan fingerprint density at radius 2 is 1.44 bits per heavy atom. The van der Waals surface area contributed by atoms with Crippen molar-refractivity contribution in [3.8, 4) is 0 Å². The summed E-state index contributed by atoms with van der Waals surface area (Å²) in [7, 11) is 0. The first kappa shape index (κ1) is 20.0. The molecule has 1 aliphatic rings. The lowest BCUT2D eigenvalue weighted by molar-refractivity contribution is 0.0967. The van der Waals surface area contributed by atoms with E-state index in [1.54, 1.807) is 17.0 Å². The van der Waals surface area contributed by atoms with E-state index in [0.717, 1.165) is 22.5 Å². The second kappa shape index (κ2) is 8.31. The van der Waals surface area contributed by atoms with Crippen LogP contribution in [0.5, 0.6) is 0 Å². The molecule has 0 aliphatic carbocycles. The largest absolute Gasteiger partial charge is 0.342 e. The number of fused-ring (bicyclic) bond motifs is 1. The van der Waals surface area contributed by atoms with Crippen molar-refractivity contribution in [2.24, 2.45) is 0 Å². The van der Waals surface area contributed by atoms with Crippen LogP contribution in [0.1, 0.15) is 33.2 Å². The molecule has 4 aromatic carbocycles. The summed E-state index contributed by atoms with van der Waals surface area (Å²) < 4.78 is 15.2. The Kier molecular flexibility index (Phi) is 5.20. The zero-order valence-corrected chi connectivity index (χ0v) is 17.8. The van der Waals surface area contributed by atoms with Crippen molar-refractivity contribution in [2.75, 3.05) is 9.80 Å². The van der Waals surface area contributed by atoms with Crippen LogP contribution >= 0.6 is 0 Å². The number of hydrogen-bond acceptors (Lipinski definition) is 2. The number of carbonyl (C=O) groups is 1. The third-order valence-corrected chi connectivity index (χ3v) is 5.89. The maximum Gasteiger partial charge on any atom is 0.262 e. The second-order valence-corrected chi connectivity index (χ2v) is 8.04. The van der Waals surface area contributed by atoms with Gasteiger partial charge in [0.05, 0.1) is 11.3 Å². The molecule has 1 amide bonds. The van der Waals surface area contributed by atoms with Gasteiger partial charge in [0.15, 0.2) is 0 Å². The zero-order chi connectivity index (χ0) is 22.1. The quantitative estimate of drug-likeness (QED) is 0.375. The van der Waals surface area contributed by atoms with E-state index in [1.807, 2.05) is 91.9 Å². The smallest absolute Gasteiger partial charge is 0.262 e. The highest BCUT2D eigenvalue weighted by Gasteiger charge is 2.40. The maximum absolute atomic E-state index is 15.2. The summed E-state index contributed by atoms with van der Waals surface area (Å²) in [5.74, 6) is -0.470. The van der Waals surface area contributed by atoms with Gasteiger partial charge in [-0.15, -0.1) is 0 Å². The summed E-state index contributed by atoms with van der Waals surface area (Å²) in [6, 6.07) is 32.1. The minimum absolute atomic E-state index is 0.137. The molecule has 0 saturated heterocycles. The fourth-order valence-electron chi connectivity index (χ4n) is 4.32. The first-order valence-electron chi connectivity index (χ1n) is 10.7. The first-order valence-corrected chi connectivity index (χ1v) is 10.7. The van der Waals surface area contributed by atoms with Gasteiger partial charge in [-0.1, -0.05) is 78.4 Å². The summed E-state index contributed by atoms with van der Waals surface area (Å²) in [4.78, 5) is 17.6. The van der Waals surface area contributed by atoms with Gasteiger partial charge in [0.2, 0.25) is 0 Å². The van der Waals surface area contributed by atoms with Crippen molar-refractivity contribution in [2.45, 2.75) is 19.6 Å². The van der Waals surface area contributed by atoms with E-state index in [-0.39, 0.29) is 11.7 Å². The van der Waals surface area contributed by atoms with Crippen LogP contribution in [0.3, 0.4) is 0 Å². The van der Waals surface area contributed by atoms with Gasteiger partial charge < -0.3 is 4.90 Å². The number of carbonyl (C=O) groups excluding carboxylic acids is 1. The van der Waals surface area contributed by atoms with E-state index in [4.69, 9.17) is 0 Å². The number of rotatable bonds is 4. The Morgan fingerprint density at radius 1 is 0.781 bits per heavy atom. The fraction of sp³-hybridized carbons (Fsp3) is 0.107. The molecule has 0 radical (unpaired) electrons. The number of nitrogens with zero attached hydrogens (tertiary/aromatic N) is 2. The number of para-hydroxylation sites is 1. The Bertz CT molecular complexity index is 1250. The number of benzene rings is 4. The topological polar surface area (TPSA) is 23.6 Å². The minimum atomic E-state index is -0.624. The normalized spacial score (nSPS) is 15.6. The number of anilines is 2. The summed E-state index contributed by atoms with van der Waals surface area (Å²) in [6.07, 6.45) is -0.624. The molecule has 3 nitrogen and oxygen atoms in total. The zero-order valence-electron chi connectivity index (χ0n) is 17.8. The van der Waals surface area contributed by atoms with Crippen LogP contribution in [0.2, 0.25) is 0 Å². The van der Waals surface area contributed by atoms with Gasteiger partial charge in [-0.25, -0.2) is 4.39 Å². The predicted molar refractivity (Wildman–Crippen MR) is 126 cm³/mol. The molecule has 0 fully saturated rings. The summed E-state index contributed by atoms with van der Waals surface area (Å²) in [5, 5.41) is 0. The minimum Gasteiger partial charge on any atom is -0.342 e. The number of aryl methyl sites for hydroxylation is 1. The van der Waals surface area contributed by atoms with Gasteiger partial charge in [-0.3, -0.25) is 9.69 Å². The lowest BCUT2D eigenvalue weighted by Crippen LogP contribution is -2.49. The molecule has 1 heterocycles. The van der Waals surface area contributed by atoms with E-state index in [0.29, 0.717) is 17.7 Å². The van der Waals surface area contributed by atoms with Crippen LogP contribution in [-0.2, 0) is 6.54 Å². The average Bonchev–Trinajstić information content (AvgIpc) is 2.83. The SMILES string of the molecule is Cc1ccc(N2C(=O)c3ccccc3N(Cc3ccccc3)[C@@H]2c2ccccc2F)cc1. The molecule has 1 aliphatic heterocycles. The van der Waals surface area contributed by atoms with E-state index in [9.17, 15) is 4.79 Å². The Balaban J connectivity index is 1.74. The van der Waals surface area contributed by atoms with Crippen LogP contribution in [0.15, 0.2) is 103 Å². The van der Waals surface area contributed by atoms with Crippen molar-refractivity contribution in [1.82, 2.24) is 0 Å². The van der Waals surface area contributed by atoms with Gasteiger partial charge in [0, 0.05) is 17.8 Å². The Hall–Kier alpha value is -3.92. The van der Waals surface area contributed by atoms with Crippen molar-refractivity contribution in [3.63, 3.8) is 0 Å². The van der Waals surface area contributed by atoms with Crippen LogP contribution in [0.25, 0.3) is 0 Å². The molecule has 0 bridgehead atoms. The summed E-state index contributed by atoms with van der Waals surface area (Å²) in [5.41, 5.74) is 4.80. The average molecular weight is 423 g/mol. The summed E-state index contributed by atoms with van der Waals surface area (Å²) >= 11 is 0. The number of amides is 1. The molecule has 0 N–H and O–H groups in total. The molecular formula is C28H23FN2O. The molecule has 0 unspecified atom stereocenters. The van der Waals surface area contributed by atoms with Crippen LogP contribution < -0.4 is 9.80 Å². The molecular weight excluding hydrogens is 399 g/mol. The Labute approximate surface area is 187 Å². The molecule has 0 saturated carbocycles. The first-order chi connectivity index (χ1) is 15.6. The van der Waals surface area contributed by atoms with Gasteiger partial charge in [-0.2, -0.15) is 0 Å². The maximum atomic E-state index is 15.2. The fourth-order valence-corrected chi connectivity index (χ4v) is 4.32. The van der Waals surface area contributed by atoms with E-state index < -0.39 is 6.17 Å². The highest BCUT2D eigenvalue weighted by Crippen LogP contribution is 2.42. The highest BCUT2D eigenvalue weighted by molar-refractivity contribution is 6.12. The third kappa shape index (κ3) is 3.54. The van der Waals surface area contributed by atoms with Crippen molar-refractivity contribution in [1.29, 1.82) is 0 Å². The van der Waals surface area contributed by atoms with Crippen LogP contribution in [0.4, 0.5) is 15.8 Å². The predicted octanol–water partition coefficient (Wildman–Crippen LogP) is 6.50. The molecule has 0 spiro atoms. The standard InChI is InChI=1S/C28H23FN2O/c1-20-15-17-22(18-16-20)31-27(23-11-5-7-13-25(23)29)30(19-21-9-3-2-4-10-21)26-14-8-6-12-24(26)28(31)32/h2-18,27H,19H2,1H3/t27-/m0/s1. The Morgan fingerprint density at radius 3 is 2.19 bits per heavy atom. The van der Waals surface area contributed by atoms with Gasteiger partial charge in [-0.05, 0) is 42.8 Å².